The molecule has 0 atom stereocenters. The van der Waals surface area contributed by atoms with Crippen LogP contribution < -0.4 is 9.47 Å². The standard InChI is InChI=1S/C19H23NO3/c1-4-20(13-16-8-6-5-7-9-16)19(21)14-23-17-11-10-15(2)12-18(17)22-3/h5-12H,4,13-14H2,1-3H3. The molecule has 4 heteroatoms. The molecule has 0 N–H and O–H groups in total. The summed E-state index contributed by atoms with van der Waals surface area (Å²) in [6, 6.07) is 15.6. The van der Waals surface area contributed by atoms with Crippen LogP contribution in [0.25, 0.3) is 0 Å². The second-order valence-electron chi connectivity index (χ2n) is 5.34. The van der Waals surface area contributed by atoms with Gasteiger partial charge < -0.3 is 14.4 Å². The maximum atomic E-state index is 12.4. The summed E-state index contributed by atoms with van der Waals surface area (Å²) in [5, 5.41) is 0. The van der Waals surface area contributed by atoms with Gasteiger partial charge in [-0.05, 0) is 37.1 Å². The van der Waals surface area contributed by atoms with Crippen molar-refractivity contribution in [3.05, 3.63) is 59.7 Å². The Kier molecular flexibility index (Phi) is 6.03. The predicted molar refractivity (Wildman–Crippen MR) is 90.8 cm³/mol. The molecule has 1 amide bonds. The Balaban J connectivity index is 1.97. The molecular formula is C19H23NO3. The molecule has 0 radical (unpaired) electrons. The molecule has 122 valence electrons. The van der Waals surface area contributed by atoms with Gasteiger partial charge in [-0.1, -0.05) is 36.4 Å². The lowest BCUT2D eigenvalue weighted by Gasteiger charge is -2.21. The van der Waals surface area contributed by atoms with Crippen molar-refractivity contribution in [2.24, 2.45) is 0 Å². The van der Waals surface area contributed by atoms with Crippen LogP contribution in [0.15, 0.2) is 48.5 Å². The highest BCUT2D eigenvalue weighted by Crippen LogP contribution is 2.27. The second kappa shape index (κ2) is 8.22. The van der Waals surface area contributed by atoms with E-state index in [0.29, 0.717) is 24.6 Å². The number of benzene rings is 2. The van der Waals surface area contributed by atoms with Crippen LogP contribution in [0.3, 0.4) is 0 Å². The van der Waals surface area contributed by atoms with Gasteiger partial charge in [-0.25, -0.2) is 0 Å². The molecule has 2 aromatic carbocycles. The number of aryl methyl sites for hydroxylation is 1. The normalized spacial score (nSPS) is 10.2. The molecular weight excluding hydrogens is 290 g/mol. The van der Waals surface area contributed by atoms with Crippen LogP contribution in [0.1, 0.15) is 18.1 Å². The summed E-state index contributed by atoms with van der Waals surface area (Å²) in [4.78, 5) is 14.2. The van der Waals surface area contributed by atoms with Gasteiger partial charge in [0.05, 0.1) is 7.11 Å². The topological polar surface area (TPSA) is 38.8 Å². The Morgan fingerprint density at radius 1 is 1.09 bits per heavy atom. The average Bonchev–Trinajstić information content (AvgIpc) is 2.59. The summed E-state index contributed by atoms with van der Waals surface area (Å²) in [7, 11) is 1.59. The largest absolute Gasteiger partial charge is 0.493 e. The first-order valence-corrected chi connectivity index (χ1v) is 7.73. The van der Waals surface area contributed by atoms with E-state index in [9.17, 15) is 4.79 Å². The summed E-state index contributed by atoms with van der Waals surface area (Å²) in [6.45, 7) is 5.18. The minimum Gasteiger partial charge on any atom is -0.493 e. The summed E-state index contributed by atoms with van der Waals surface area (Å²) in [5.41, 5.74) is 2.19. The van der Waals surface area contributed by atoms with Crippen molar-refractivity contribution in [2.45, 2.75) is 20.4 Å². The Labute approximate surface area is 137 Å². The van der Waals surface area contributed by atoms with Crippen LogP contribution in [0, 0.1) is 6.92 Å². The van der Waals surface area contributed by atoms with Crippen molar-refractivity contribution in [1.29, 1.82) is 0 Å². The lowest BCUT2D eigenvalue weighted by molar-refractivity contribution is -0.133. The van der Waals surface area contributed by atoms with E-state index < -0.39 is 0 Å². The monoisotopic (exact) mass is 313 g/mol. The van der Waals surface area contributed by atoms with Crippen molar-refractivity contribution in [3.63, 3.8) is 0 Å². The van der Waals surface area contributed by atoms with E-state index >= 15 is 0 Å². The summed E-state index contributed by atoms with van der Waals surface area (Å²) in [5.74, 6) is 1.19. The lowest BCUT2D eigenvalue weighted by Crippen LogP contribution is -2.34. The van der Waals surface area contributed by atoms with E-state index in [1.807, 2.05) is 62.4 Å². The van der Waals surface area contributed by atoms with Gasteiger partial charge in [0.25, 0.3) is 5.91 Å². The lowest BCUT2D eigenvalue weighted by atomic mass is 10.2. The maximum Gasteiger partial charge on any atom is 0.260 e. The second-order valence-corrected chi connectivity index (χ2v) is 5.34. The van der Waals surface area contributed by atoms with E-state index in [4.69, 9.17) is 9.47 Å². The van der Waals surface area contributed by atoms with Crippen molar-refractivity contribution < 1.29 is 14.3 Å². The van der Waals surface area contributed by atoms with Crippen molar-refractivity contribution in [3.8, 4) is 11.5 Å². The number of carbonyl (C=O) groups is 1. The van der Waals surface area contributed by atoms with Gasteiger partial charge in [0.2, 0.25) is 0 Å². The molecule has 2 aromatic rings. The van der Waals surface area contributed by atoms with E-state index in [1.165, 1.54) is 0 Å². The fourth-order valence-electron chi connectivity index (χ4n) is 2.30. The number of carbonyl (C=O) groups excluding carboxylic acids is 1. The highest BCUT2D eigenvalue weighted by Gasteiger charge is 2.14. The molecule has 0 heterocycles. The molecule has 0 aliphatic heterocycles. The van der Waals surface area contributed by atoms with Crippen LogP contribution in [-0.4, -0.2) is 31.1 Å². The number of amides is 1. The average molecular weight is 313 g/mol. The molecule has 0 aromatic heterocycles. The molecule has 0 aliphatic carbocycles. The minimum atomic E-state index is -0.0426. The number of nitrogens with zero attached hydrogens (tertiary/aromatic N) is 1. The van der Waals surface area contributed by atoms with Crippen LogP contribution in [0.4, 0.5) is 0 Å². The molecule has 4 nitrogen and oxygen atoms in total. The molecule has 0 saturated carbocycles. The third kappa shape index (κ3) is 4.74. The van der Waals surface area contributed by atoms with Gasteiger partial charge in [0, 0.05) is 13.1 Å². The minimum absolute atomic E-state index is 0.0000938. The predicted octanol–water partition coefficient (Wildman–Crippen LogP) is 3.43. The van der Waals surface area contributed by atoms with Gasteiger partial charge in [0.15, 0.2) is 18.1 Å². The molecule has 0 saturated heterocycles. The Morgan fingerprint density at radius 3 is 2.48 bits per heavy atom. The van der Waals surface area contributed by atoms with E-state index in [-0.39, 0.29) is 12.5 Å². The fraction of sp³-hybridized carbons (Fsp3) is 0.316. The number of likely N-dealkylation sites (N-methyl/N-ethyl adjacent to an activating group) is 1. The van der Waals surface area contributed by atoms with E-state index in [0.717, 1.165) is 11.1 Å². The number of methoxy groups -OCH3 is 1. The molecule has 0 aliphatic rings. The van der Waals surface area contributed by atoms with Crippen molar-refractivity contribution in [2.75, 3.05) is 20.3 Å². The van der Waals surface area contributed by atoms with Crippen LogP contribution >= 0.6 is 0 Å². The first-order chi connectivity index (χ1) is 11.1. The zero-order valence-corrected chi connectivity index (χ0v) is 13.9. The van der Waals surface area contributed by atoms with Crippen LogP contribution in [0.5, 0.6) is 11.5 Å². The third-order valence-corrected chi connectivity index (χ3v) is 3.62. The van der Waals surface area contributed by atoms with Crippen molar-refractivity contribution >= 4 is 5.91 Å². The number of hydrogen-bond acceptors (Lipinski definition) is 3. The molecule has 23 heavy (non-hydrogen) atoms. The van der Waals surface area contributed by atoms with Gasteiger partial charge >= 0.3 is 0 Å². The molecule has 0 unspecified atom stereocenters. The zero-order chi connectivity index (χ0) is 16.7. The summed E-state index contributed by atoms with van der Waals surface area (Å²) in [6.07, 6.45) is 0. The summed E-state index contributed by atoms with van der Waals surface area (Å²) < 4.78 is 10.9. The Bertz CT molecular complexity index is 640. The Hall–Kier alpha value is -2.49. The smallest absolute Gasteiger partial charge is 0.260 e. The van der Waals surface area contributed by atoms with Gasteiger partial charge in [-0.3, -0.25) is 4.79 Å². The van der Waals surface area contributed by atoms with E-state index in [1.54, 1.807) is 12.0 Å². The first kappa shape index (κ1) is 16.9. The molecule has 2 rings (SSSR count). The zero-order valence-electron chi connectivity index (χ0n) is 13.9. The fourth-order valence-corrected chi connectivity index (χ4v) is 2.30. The maximum absolute atomic E-state index is 12.4. The SMILES string of the molecule is CCN(Cc1ccccc1)C(=O)COc1ccc(C)cc1OC. The number of ether oxygens (including phenoxy) is 2. The van der Waals surface area contributed by atoms with Crippen LogP contribution in [-0.2, 0) is 11.3 Å². The van der Waals surface area contributed by atoms with E-state index in [2.05, 4.69) is 0 Å². The molecule has 0 spiro atoms. The number of hydrogen-bond donors (Lipinski definition) is 0. The third-order valence-electron chi connectivity index (χ3n) is 3.62. The van der Waals surface area contributed by atoms with Gasteiger partial charge in [-0.15, -0.1) is 0 Å². The quantitative estimate of drug-likeness (QED) is 0.786. The van der Waals surface area contributed by atoms with Gasteiger partial charge in [0.1, 0.15) is 0 Å². The number of rotatable bonds is 7. The highest BCUT2D eigenvalue weighted by molar-refractivity contribution is 5.77. The molecule has 0 bridgehead atoms. The van der Waals surface area contributed by atoms with Gasteiger partial charge in [-0.2, -0.15) is 0 Å². The summed E-state index contributed by atoms with van der Waals surface area (Å²) >= 11 is 0. The Morgan fingerprint density at radius 2 is 1.83 bits per heavy atom. The first-order valence-electron chi connectivity index (χ1n) is 7.73. The van der Waals surface area contributed by atoms with Crippen molar-refractivity contribution in [1.82, 2.24) is 4.90 Å². The van der Waals surface area contributed by atoms with Crippen LogP contribution in [0.2, 0.25) is 0 Å². The highest BCUT2D eigenvalue weighted by atomic mass is 16.5. The molecule has 0 fully saturated rings.